The second-order valence-corrected chi connectivity index (χ2v) is 8.66. The molecule has 1 aliphatic heterocycles. The molecule has 5 nitrogen and oxygen atoms in total. The Kier molecular flexibility index (Phi) is 4.95. The van der Waals surface area contributed by atoms with Crippen molar-refractivity contribution in [3.8, 4) is 16.9 Å². The molecule has 5 aromatic rings. The molecule has 0 saturated carbocycles. The molecular formula is C29H24N4O. The van der Waals surface area contributed by atoms with E-state index in [2.05, 4.69) is 48.3 Å². The third-order valence-electron chi connectivity index (χ3n) is 6.64. The van der Waals surface area contributed by atoms with E-state index in [1.165, 1.54) is 5.56 Å². The molecule has 6 rings (SSSR count). The van der Waals surface area contributed by atoms with Crippen LogP contribution in [0.5, 0.6) is 0 Å². The van der Waals surface area contributed by atoms with Gasteiger partial charge in [-0.25, -0.2) is 4.68 Å². The van der Waals surface area contributed by atoms with E-state index in [0.717, 1.165) is 40.0 Å². The molecule has 166 valence electrons. The van der Waals surface area contributed by atoms with Crippen LogP contribution in [-0.2, 0) is 6.42 Å². The molecule has 0 bridgehead atoms. The number of hydrogen-bond acceptors (Lipinski definition) is 3. The van der Waals surface area contributed by atoms with Crippen molar-refractivity contribution in [2.45, 2.75) is 19.4 Å². The van der Waals surface area contributed by atoms with Crippen LogP contribution in [0.1, 0.15) is 34.6 Å². The normalized spacial score (nSPS) is 15.3. The maximum Gasteiger partial charge on any atom is 0.254 e. The monoisotopic (exact) mass is 444 g/mol. The molecule has 5 heteroatoms. The lowest BCUT2D eigenvalue weighted by Crippen LogP contribution is -2.38. The number of nitrogens with zero attached hydrogens (tertiary/aromatic N) is 4. The summed E-state index contributed by atoms with van der Waals surface area (Å²) < 4.78 is 2.03. The Morgan fingerprint density at radius 1 is 0.912 bits per heavy atom. The fraction of sp³-hybridized carbons (Fsp3) is 0.138. The standard InChI is InChI=1S/C29H24N4O/c1-20-27-25(16-18-32(20)29(34)23-14-15-26-22(19-23)11-8-17-30-26)28(21-9-4-2-5-10-21)33(31-27)24-12-6-3-7-13-24/h2-15,17,19-20H,16,18H2,1H3/t20-/m0/s1. The Bertz CT molecular complexity index is 1490. The van der Waals surface area contributed by atoms with Gasteiger partial charge in [0.1, 0.15) is 0 Å². The van der Waals surface area contributed by atoms with Crippen LogP contribution < -0.4 is 0 Å². The third-order valence-corrected chi connectivity index (χ3v) is 6.64. The number of para-hydroxylation sites is 1. The highest BCUT2D eigenvalue weighted by Crippen LogP contribution is 2.37. The van der Waals surface area contributed by atoms with Crippen molar-refractivity contribution in [2.24, 2.45) is 0 Å². The molecule has 3 aromatic carbocycles. The van der Waals surface area contributed by atoms with Gasteiger partial charge >= 0.3 is 0 Å². The van der Waals surface area contributed by atoms with Crippen molar-refractivity contribution in [3.05, 3.63) is 114 Å². The molecule has 0 aliphatic carbocycles. The lowest BCUT2D eigenvalue weighted by atomic mass is 9.95. The molecule has 3 heterocycles. The summed E-state index contributed by atoms with van der Waals surface area (Å²) in [4.78, 5) is 19.9. The molecule has 0 saturated heterocycles. The Morgan fingerprint density at radius 2 is 1.68 bits per heavy atom. The minimum absolute atomic E-state index is 0.0272. The average molecular weight is 445 g/mol. The van der Waals surface area contributed by atoms with Gasteiger partial charge in [-0.05, 0) is 49.7 Å². The molecule has 0 spiro atoms. The molecule has 0 unspecified atom stereocenters. The quantitative estimate of drug-likeness (QED) is 0.351. The van der Waals surface area contributed by atoms with E-state index in [4.69, 9.17) is 5.10 Å². The number of carbonyl (C=O) groups excluding carboxylic acids is 1. The van der Waals surface area contributed by atoms with Crippen LogP contribution >= 0.6 is 0 Å². The third kappa shape index (κ3) is 3.37. The highest BCUT2D eigenvalue weighted by atomic mass is 16.2. The number of rotatable bonds is 3. The van der Waals surface area contributed by atoms with Gasteiger partial charge < -0.3 is 4.90 Å². The van der Waals surface area contributed by atoms with Gasteiger partial charge in [-0.3, -0.25) is 9.78 Å². The number of fused-ring (bicyclic) bond motifs is 2. The Hall–Kier alpha value is -4.25. The minimum atomic E-state index is -0.131. The van der Waals surface area contributed by atoms with E-state index in [1.54, 1.807) is 6.20 Å². The Labute approximate surface area is 198 Å². The van der Waals surface area contributed by atoms with Crippen LogP contribution in [0.4, 0.5) is 0 Å². The number of aromatic nitrogens is 3. The van der Waals surface area contributed by atoms with Crippen molar-refractivity contribution in [2.75, 3.05) is 6.54 Å². The first-order valence-electron chi connectivity index (χ1n) is 11.6. The fourth-order valence-electron chi connectivity index (χ4n) is 4.92. The van der Waals surface area contributed by atoms with Crippen LogP contribution in [0.3, 0.4) is 0 Å². The summed E-state index contributed by atoms with van der Waals surface area (Å²) in [6, 6.07) is 30.1. The number of amides is 1. The highest BCUT2D eigenvalue weighted by molar-refractivity contribution is 5.98. The van der Waals surface area contributed by atoms with E-state index in [0.29, 0.717) is 12.1 Å². The predicted molar refractivity (Wildman–Crippen MR) is 134 cm³/mol. The van der Waals surface area contributed by atoms with Crippen molar-refractivity contribution in [3.63, 3.8) is 0 Å². The minimum Gasteiger partial charge on any atom is -0.330 e. The van der Waals surface area contributed by atoms with Gasteiger partial charge in [0.2, 0.25) is 0 Å². The maximum absolute atomic E-state index is 13.6. The first kappa shape index (κ1) is 20.4. The lowest BCUT2D eigenvalue weighted by Gasteiger charge is -2.33. The van der Waals surface area contributed by atoms with Gasteiger partial charge in [-0.15, -0.1) is 0 Å². The molecular weight excluding hydrogens is 420 g/mol. The highest BCUT2D eigenvalue weighted by Gasteiger charge is 2.34. The SMILES string of the molecule is C[C@H]1c2nn(-c3ccccc3)c(-c3ccccc3)c2CCN1C(=O)c1ccc2ncccc2c1. The van der Waals surface area contributed by atoms with Gasteiger partial charge in [0, 0.05) is 34.8 Å². The molecule has 34 heavy (non-hydrogen) atoms. The van der Waals surface area contributed by atoms with Gasteiger partial charge in [0.25, 0.3) is 5.91 Å². The molecule has 0 fully saturated rings. The maximum atomic E-state index is 13.6. The molecule has 1 atom stereocenters. The topological polar surface area (TPSA) is 51.0 Å². The Balaban J connectivity index is 1.42. The molecule has 0 radical (unpaired) electrons. The van der Waals surface area contributed by atoms with Crippen LogP contribution in [0, 0.1) is 0 Å². The van der Waals surface area contributed by atoms with E-state index in [-0.39, 0.29) is 11.9 Å². The van der Waals surface area contributed by atoms with Gasteiger partial charge in [-0.2, -0.15) is 5.10 Å². The van der Waals surface area contributed by atoms with Crippen molar-refractivity contribution in [1.82, 2.24) is 19.7 Å². The number of carbonyl (C=O) groups is 1. The summed E-state index contributed by atoms with van der Waals surface area (Å²) in [5.41, 5.74) is 7.01. The summed E-state index contributed by atoms with van der Waals surface area (Å²) in [5, 5.41) is 6.04. The average Bonchev–Trinajstić information content (AvgIpc) is 3.30. The number of pyridine rings is 1. The lowest BCUT2D eigenvalue weighted by molar-refractivity contribution is 0.0674. The first-order valence-corrected chi connectivity index (χ1v) is 11.6. The zero-order chi connectivity index (χ0) is 23.1. The number of benzene rings is 3. The zero-order valence-corrected chi connectivity index (χ0v) is 18.9. The second-order valence-electron chi connectivity index (χ2n) is 8.66. The predicted octanol–water partition coefficient (Wildman–Crippen LogP) is 5.85. The van der Waals surface area contributed by atoms with E-state index in [9.17, 15) is 4.79 Å². The van der Waals surface area contributed by atoms with E-state index < -0.39 is 0 Å². The summed E-state index contributed by atoms with van der Waals surface area (Å²) >= 11 is 0. The van der Waals surface area contributed by atoms with Crippen molar-refractivity contribution >= 4 is 16.8 Å². The summed E-state index contributed by atoms with van der Waals surface area (Å²) in [7, 11) is 0. The van der Waals surface area contributed by atoms with Crippen molar-refractivity contribution < 1.29 is 4.79 Å². The molecule has 2 aromatic heterocycles. The smallest absolute Gasteiger partial charge is 0.254 e. The molecule has 1 aliphatic rings. The van der Waals surface area contributed by atoms with Crippen LogP contribution in [0.2, 0.25) is 0 Å². The molecule has 0 N–H and O–H groups in total. The van der Waals surface area contributed by atoms with Gasteiger partial charge in [0.05, 0.1) is 28.6 Å². The van der Waals surface area contributed by atoms with Gasteiger partial charge in [-0.1, -0.05) is 54.6 Å². The Morgan fingerprint density at radius 3 is 2.47 bits per heavy atom. The summed E-state index contributed by atoms with van der Waals surface area (Å²) in [6.07, 6.45) is 2.53. The van der Waals surface area contributed by atoms with E-state index >= 15 is 0 Å². The molecule has 1 amide bonds. The van der Waals surface area contributed by atoms with Crippen LogP contribution in [-0.4, -0.2) is 32.1 Å². The van der Waals surface area contributed by atoms with E-state index in [1.807, 2.05) is 64.2 Å². The summed E-state index contributed by atoms with van der Waals surface area (Å²) in [5.74, 6) is 0.0272. The fourth-order valence-corrected chi connectivity index (χ4v) is 4.92. The van der Waals surface area contributed by atoms with Crippen molar-refractivity contribution in [1.29, 1.82) is 0 Å². The first-order chi connectivity index (χ1) is 16.7. The number of hydrogen-bond donors (Lipinski definition) is 0. The van der Waals surface area contributed by atoms with Gasteiger partial charge in [0.15, 0.2) is 0 Å². The summed E-state index contributed by atoms with van der Waals surface area (Å²) in [6.45, 7) is 2.73. The zero-order valence-electron chi connectivity index (χ0n) is 18.9. The van der Waals surface area contributed by atoms with Crippen LogP contribution in [0.15, 0.2) is 97.2 Å². The second kappa shape index (κ2) is 8.27. The van der Waals surface area contributed by atoms with Crippen LogP contribution in [0.25, 0.3) is 27.8 Å². The largest absolute Gasteiger partial charge is 0.330 e.